The van der Waals surface area contributed by atoms with Gasteiger partial charge < -0.3 is 12.6 Å². The molecule has 0 aliphatic heterocycles. The molecule has 0 amide bonds. The Labute approximate surface area is 182 Å². The molecule has 120 valence electrons. The quantitative estimate of drug-likeness (QED) is 0.397. The third kappa shape index (κ3) is 3.92. The standard InChI is InChI=1S/C24H18S.Na/c25-24-22(19-12-6-2-7-13-19)16-21(18-10-4-1-5-11-18)17-23(24)20-14-8-3-9-15-20;/h1-17,25H;/q;+1/p-1. The molecule has 0 aliphatic rings. The molecule has 0 saturated carbocycles. The Bertz CT molecular complexity index is 920. The summed E-state index contributed by atoms with van der Waals surface area (Å²) in [4.78, 5) is 0.900. The average molecular weight is 360 g/mol. The first-order valence-corrected chi connectivity index (χ1v) is 8.75. The van der Waals surface area contributed by atoms with E-state index >= 15 is 0 Å². The molecule has 0 nitrogen and oxygen atoms in total. The molecular formula is C24H17NaS. The van der Waals surface area contributed by atoms with Gasteiger partial charge in [-0.25, -0.2) is 0 Å². The van der Waals surface area contributed by atoms with Crippen molar-refractivity contribution in [1.29, 1.82) is 0 Å². The maximum Gasteiger partial charge on any atom is 1.00 e. The molecule has 0 heterocycles. The van der Waals surface area contributed by atoms with E-state index in [1.165, 1.54) is 11.1 Å². The average Bonchev–Trinajstić information content (AvgIpc) is 2.70. The van der Waals surface area contributed by atoms with Crippen molar-refractivity contribution >= 4 is 12.6 Å². The van der Waals surface area contributed by atoms with Crippen molar-refractivity contribution in [2.75, 3.05) is 0 Å². The third-order valence-electron chi connectivity index (χ3n) is 4.37. The fraction of sp³-hybridized carbons (Fsp3) is 0. The molecule has 26 heavy (non-hydrogen) atoms. The van der Waals surface area contributed by atoms with Crippen molar-refractivity contribution in [1.82, 2.24) is 0 Å². The van der Waals surface area contributed by atoms with Crippen molar-refractivity contribution in [3.63, 3.8) is 0 Å². The number of rotatable bonds is 3. The molecule has 2 heteroatoms. The maximum atomic E-state index is 5.87. The van der Waals surface area contributed by atoms with Crippen LogP contribution in [0, 0.1) is 0 Å². The Morgan fingerprint density at radius 1 is 0.423 bits per heavy atom. The van der Waals surface area contributed by atoms with Gasteiger partial charge >= 0.3 is 29.6 Å². The molecule has 0 aliphatic carbocycles. The molecule has 4 rings (SSSR count). The zero-order valence-electron chi connectivity index (χ0n) is 14.7. The molecule has 0 radical (unpaired) electrons. The van der Waals surface area contributed by atoms with Crippen LogP contribution in [0.3, 0.4) is 0 Å². The van der Waals surface area contributed by atoms with Gasteiger partial charge in [-0.3, -0.25) is 0 Å². The largest absolute Gasteiger partial charge is 1.00 e. The van der Waals surface area contributed by atoms with E-state index in [0.717, 1.165) is 27.1 Å². The molecule has 0 atom stereocenters. The van der Waals surface area contributed by atoms with Crippen LogP contribution in [0.25, 0.3) is 33.4 Å². The van der Waals surface area contributed by atoms with Gasteiger partial charge in [0.1, 0.15) is 0 Å². The van der Waals surface area contributed by atoms with E-state index in [2.05, 4.69) is 84.9 Å². The van der Waals surface area contributed by atoms with Crippen LogP contribution in [0.4, 0.5) is 0 Å². The second kappa shape index (κ2) is 8.66. The minimum atomic E-state index is 0. The summed E-state index contributed by atoms with van der Waals surface area (Å²) < 4.78 is 0. The van der Waals surface area contributed by atoms with E-state index in [4.69, 9.17) is 12.6 Å². The van der Waals surface area contributed by atoms with Crippen LogP contribution >= 0.6 is 0 Å². The second-order valence-electron chi connectivity index (χ2n) is 6.00. The summed E-state index contributed by atoms with van der Waals surface area (Å²) in [5.74, 6) is 0. The van der Waals surface area contributed by atoms with Gasteiger partial charge in [-0.1, -0.05) is 91.0 Å². The zero-order valence-corrected chi connectivity index (χ0v) is 17.5. The van der Waals surface area contributed by atoms with Gasteiger partial charge in [0.15, 0.2) is 0 Å². The van der Waals surface area contributed by atoms with Gasteiger partial charge in [0.2, 0.25) is 0 Å². The Balaban J connectivity index is 0.00000196. The fourth-order valence-corrected chi connectivity index (χ4v) is 3.44. The van der Waals surface area contributed by atoms with Crippen LogP contribution < -0.4 is 29.6 Å². The van der Waals surface area contributed by atoms with Crippen LogP contribution in [0.1, 0.15) is 0 Å². The van der Waals surface area contributed by atoms with Crippen LogP contribution in [0.5, 0.6) is 0 Å². The van der Waals surface area contributed by atoms with Gasteiger partial charge in [0, 0.05) is 0 Å². The van der Waals surface area contributed by atoms with Crippen molar-refractivity contribution in [2.24, 2.45) is 0 Å². The Kier molecular flexibility index (Phi) is 6.29. The predicted molar refractivity (Wildman–Crippen MR) is 108 cm³/mol. The molecule has 0 aromatic heterocycles. The molecule has 0 fully saturated rings. The monoisotopic (exact) mass is 360 g/mol. The number of benzene rings is 4. The Hall–Kier alpha value is -1.90. The van der Waals surface area contributed by atoms with Gasteiger partial charge in [-0.05, 0) is 45.5 Å². The maximum absolute atomic E-state index is 5.87. The molecule has 4 aromatic carbocycles. The minimum absolute atomic E-state index is 0. The van der Waals surface area contributed by atoms with E-state index < -0.39 is 0 Å². The molecule has 0 unspecified atom stereocenters. The molecule has 0 bridgehead atoms. The number of hydrogen-bond donors (Lipinski definition) is 0. The predicted octanol–water partition coefficient (Wildman–Crippen LogP) is 3.60. The molecule has 0 N–H and O–H groups in total. The third-order valence-corrected chi connectivity index (χ3v) is 4.81. The number of hydrogen-bond acceptors (Lipinski definition) is 1. The van der Waals surface area contributed by atoms with Crippen molar-refractivity contribution in [3.05, 3.63) is 103 Å². The summed E-state index contributed by atoms with van der Waals surface area (Å²) >= 11 is 5.87. The fourth-order valence-electron chi connectivity index (χ4n) is 3.09. The summed E-state index contributed by atoms with van der Waals surface area (Å²) in [6.07, 6.45) is 0. The molecule has 0 spiro atoms. The molecular weight excluding hydrogens is 343 g/mol. The van der Waals surface area contributed by atoms with Crippen LogP contribution in [0.15, 0.2) is 108 Å². The first kappa shape index (κ1) is 18.9. The van der Waals surface area contributed by atoms with Crippen LogP contribution in [-0.2, 0) is 12.6 Å². The normalized spacial score (nSPS) is 10.2. The van der Waals surface area contributed by atoms with Gasteiger partial charge in [0.25, 0.3) is 0 Å². The summed E-state index contributed by atoms with van der Waals surface area (Å²) in [7, 11) is 0. The minimum Gasteiger partial charge on any atom is -0.779 e. The Morgan fingerprint density at radius 2 is 0.769 bits per heavy atom. The second-order valence-corrected chi connectivity index (χ2v) is 6.41. The van der Waals surface area contributed by atoms with Crippen molar-refractivity contribution < 1.29 is 29.6 Å². The smallest absolute Gasteiger partial charge is 0.779 e. The summed E-state index contributed by atoms with van der Waals surface area (Å²) in [5.41, 5.74) is 6.91. The van der Waals surface area contributed by atoms with Gasteiger partial charge in [-0.15, -0.1) is 0 Å². The van der Waals surface area contributed by atoms with E-state index in [9.17, 15) is 0 Å². The summed E-state index contributed by atoms with van der Waals surface area (Å²) in [6.45, 7) is 0. The van der Waals surface area contributed by atoms with E-state index in [1.807, 2.05) is 18.2 Å². The van der Waals surface area contributed by atoms with E-state index in [1.54, 1.807) is 0 Å². The van der Waals surface area contributed by atoms with E-state index in [-0.39, 0.29) is 29.6 Å². The Morgan fingerprint density at radius 3 is 1.15 bits per heavy atom. The van der Waals surface area contributed by atoms with Gasteiger partial charge in [-0.2, -0.15) is 4.90 Å². The zero-order chi connectivity index (χ0) is 17.1. The van der Waals surface area contributed by atoms with Crippen molar-refractivity contribution in [3.8, 4) is 33.4 Å². The van der Waals surface area contributed by atoms with Gasteiger partial charge in [0.05, 0.1) is 0 Å². The van der Waals surface area contributed by atoms with Crippen molar-refractivity contribution in [2.45, 2.75) is 4.90 Å². The topological polar surface area (TPSA) is 0 Å². The van der Waals surface area contributed by atoms with Crippen LogP contribution in [0.2, 0.25) is 0 Å². The summed E-state index contributed by atoms with van der Waals surface area (Å²) in [6, 6.07) is 35.7. The van der Waals surface area contributed by atoms with Crippen LogP contribution in [-0.4, -0.2) is 0 Å². The molecule has 0 saturated heterocycles. The first-order valence-electron chi connectivity index (χ1n) is 8.34. The SMILES string of the molecule is [Na+].[S-]c1c(-c2ccccc2)cc(-c2ccccc2)cc1-c1ccccc1. The summed E-state index contributed by atoms with van der Waals surface area (Å²) in [5, 5.41) is 0. The molecule has 4 aromatic rings. The first-order chi connectivity index (χ1) is 12.3. The van der Waals surface area contributed by atoms with E-state index in [0.29, 0.717) is 0 Å².